The maximum absolute atomic E-state index is 14.6. The summed E-state index contributed by atoms with van der Waals surface area (Å²) in [7, 11) is 7.00. The van der Waals surface area contributed by atoms with E-state index in [-0.39, 0.29) is 28.1 Å². The van der Waals surface area contributed by atoms with Crippen LogP contribution >= 0.6 is 0 Å². The predicted molar refractivity (Wildman–Crippen MR) is 172 cm³/mol. The smallest absolute Gasteiger partial charge is 0.346 e. The van der Waals surface area contributed by atoms with Gasteiger partial charge < -0.3 is 9.47 Å². The molecule has 0 saturated carbocycles. The Labute approximate surface area is 268 Å². The molecule has 0 bridgehead atoms. The zero-order chi connectivity index (χ0) is 33.1. The van der Waals surface area contributed by atoms with Gasteiger partial charge in [0.25, 0.3) is 0 Å². The lowest BCUT2D eigenvalue weighted by Gasteiger charge is -2.09. The molecule has 0 N–H and O–H groups in total. The van der Waals surface area contributed by atoms with Crippen molar-refractivity contribution in [3.63, 3.8) is 0 Å². The zero-order valence-electron chi connectivity index (χ0n) is 25.6. The fraction of sp³-hybridized carbons (Fsp3) is 0.278. The number of esters is 2. The quantitative estimate of drug-likeness (QED) is 0.0455. The Morgan fingerprint density at radius 3 is 1.48 bits per heavy atom. The number of unbranched alkanes of at least 4 members (excludes halogenated alkanes) is 6. The van der Waals surface area contributed by atoms with E-state index >= 15 is 0 Å². The van der Waals surface area contributed by atoms with Gasteiger partial charge in [-0.05, 0) is 73.2 Å². The second-order valence-corrected chi connectivity index (χ2v) is 11.0. The van der Waals surface area contributed by atoms with E-state index < -0.39 is 35.2 Å². The Hall–Kier alpha value is -4.33. The van der Waals surface area contributed by atoms with Gasteiger partial charge in [-0.1, -0.05) is 74.1 Å². The number of hydrogen-bond donors (Lipinski definition) is 0. The molecule has 0 aromatic heterocycles. The van der Waals surface area contributed by atoms with Gasteiger partial charge in [0.1, 0.15) is 42.6 Å². The molecular weight excluding hydrogens is 594 g/mol. The Morgan fingerprint density at radius 2 is 1.04 bits per heavy atom. The maximum atomic E-state index is 14.6. The van der Waals surface area contributed by atoms with Crippen molar-refractivity contribution in [2.45, 2.75) is 64.6 Å². The van der Waals surface area contributed by atoms with Crippen LogP contribution in [0.25, 0.3) is 0 Å². The molecular formula is C36H33B2F4O4. The summed E-state index contributed by atoms with van der Waals surface area (Å²) in [6.07, 6.45) is 8.16. The van der Waals surface area contributed by atoms with Gasteiger partial charge in [0, 0.05) is 12.1 Å². The van der Waals surface area contributed by atoms with Crippen LogP contribution in [0, 0.1) is 23.3 Å². The summed E-state index contributed by atoms with van der Waals surface area (Å²) in [5, 5.41) is 0. The van der Waals surface area contributed by atoms with E-state index in [1.165, 1.54) is 48.5 Å². The molecule has 0 heterocycles. The van der Waals surface area contributed by atoms with Crippen molar-refractivity contribution in [3.05, 3.63) is 118 Å². The number of carbonyl (C=O) groups is 2. The normalized spacial score (nSPS) is 10.9. The summed E-state index contributed by atoms with van der Waals surface area (Å²) in [6, 6.07) is 16.4. The Morgan fingerprint density at radius 1 is 0.587 bits per heavy atom. The number of benzene rings is 4. The first-order valence-electron chi connectivity index (χ1n) is 15.3. The minimum Gasteiger partial charge on any atom is -0.423 e. The molecule has 0 aliphatic rings. The first-order valence-corrected chi connectivity index (χ1v) is 15.3. The molecule has 10 heteroatoms. The molecule has 0 fully saturated rings. The summed E-state index contributed by atoms with van der Waals surface area (Å²) >= 11 is 0. The van der Waals surface area contributed by atoms with Gasteiger partial charge in [-0.3, -0.25) is 0 Å². The van der Waals surface area contributed by atoms with Crippen LogP contribution < -0.4 is 20.4 Å². The van der Waals surface area contributed by atoms with Crippen LogP contribution in [-0.2, 0) is 12.8 Å². The summed E-state index contributed by atoms with van der Waals surface area (Å²) in [5.41, 5.74) is 1.43. The molecule has 4 nitrogen and oxygen atoms in total. The molecule has 46 heavy (non-hydrogen) atoms. The molecule has 0 unspecified atom stereocenters. The van der Waals surface area contributed by atoms with E-state index in [1.807, 2.05) is 0 Å². The van der Waals surface area contributed by atoms with E-state index in [0.717, 1.165) is 68.2 Å². The van der Waals surface area contributed by atoms with Crippen LogP contribution in [-0.4, -0.2) is 27.1 Å². The summed E-state index contributed by atoms with van der Waals surface area (Å²) in [5.74, 6) is -4.47. The molecule has 235 valence electrons. The number of aryl methyl sites for hydroxylation is 2. The Bertz CT molecular complexity index is 1680. The Kier molecular flexibility index (Phi) is 12.6. The molecule has 0 aliphatic heterocycles. The maximum Gasteiger partial charge on any atom is 0.346 e. The van der Waals surface area contributed by atoms with Gasteiger partial charge in [0.15, 0.2) is 7.28 Å². The molecule has 4 aromatic carbocycles. The van der Waals surface area contributed by atoms with Gasteiger partial charge in [-0.15, -0.1) is 0 Å². The van der Waals surface area contributed by atoms with E-state index in [4.69, 9.17) is 17.3 Å². The zero-order valence-corrected chi connectivity index (χ0v) is 25.6. The minimum absolute atomic E-state index is 0.00930. The third kappa shape index (κ3) is 9.83. The van der Waals surface area contributed by atoms with Crippen molar-refractivity contribution in [2.24, 2.45) is 0 Å². The Balaban J connectivity index is 1.10. The lowest BCUT2D eigenvalue weighted by Crippen LogP contribution is -2.16. The largest absolute Gasteiger partial charge is 0.423 e. The fourth-order valence-electron chi connectivity index (χ4n) is 5.00. The second kappa shape index (κ2) is 16.8. The SMILES string of the molecule is [B]c1ccc(OC(=O)c2ccc(CCCCCCCCCc3ccc(C(=O)Oc4ccc([B]C)c(F)c4)c(F)c3)cc2F)cc1F. The highest BCUT2D eigenvalue weighted by Crippen LogP contribution is 2.20. The highest BCUT2D eigenvalue weighted by Gasteiger charge is 2.17. The van der Waals surface area contributed by atoms with Gasteiger partial charge in [0.05, 0.1) is 11.1 Å². The van der Waals surface area contributed by atoms with Crippen molar-refractivity contribution in [3.8, 4) is 11.5 Å². The average Bonchev–Trinajstić information content (AvgIpc) is 3.02. The molecule has 4 rings (SSSR count). The molecule has 0 saturated heterocycles. The molecule has 0 aliphatic carbocycles. The lowest BCUT2D eigenvalue weighted by atomic mass is 9.73. The highest BCUT2D eigenvalue weighted by molar-refractivity contribution is 6.52. The average molecular weight is 627 g/mol. The third-order valence-corrected chi connectivity index (χ3v) is 7.61. The van der Waals surface area contributed by atoms with Crippen molar-refractivity contribution < 1.29 is 36.6 Å². The molecule has 3 radical (unpaired) electrons. The minimum atomic E-state index is -0.915. The van der Waals surface area contributed by atoms with Crippen LogP contribution in [0.15, 0.2) is 72.8 Å². The third-order valence-electron chi connectivity index (χ3n) is 7.61. The molecule has 4 aromatic rings. The highest BCUT2D eigenvalue weighted by atomic mass is 19.1. The number of hydrogen-bond acceptors (Lipinski definition) is 4. The first-order chi connectivity index (χ1) is 22.1. The van der Waals surface area contributed by atoms with E-state index in [9.17, 15) is 27.2 Å². The van der Waals surface area contributed by atoms with Crippen LogP contribution in [0.4, 0.5) is 17.6 Å². The van der Waals surface area contributed by atoms with Crippen LogP contribution in [0.2, 0.25) is 6.82 Å². The lowest BCUT2D eigenvalue weighted by molar-refractivity contribution is 0.0719. The molecule has 0 atom stereocenters. The van der Waals surface area contributed by atoms with Crippen LogP contribution in [0.5, 0.6) is 11.5 Å². The van der Waals surface area contributed by atoms with E-state index in [1.54, 1.807) is 26.2 Å². The van der Waals surface area contributed by atoms with Gasteiger partial charge in [0.2, 0.25) is 0 Å². The predicted octanol–water partition coefficient (Wildman–Crippen LogP) is 7.37. The van der Waals surface area contributed by atoms with Crippen LogP contribution in [0.1, 0.15) is 76.8 Å². The van der Waals surface area contributed by atoms with Gasteiger partial charge >= 0.3 is 11.9 Å². The molecule has 0 spiro atoms. The standard InChI is InChI=1S/C36H33B2F4O4/c1-38-30-18-14-26(22-34(30)42)46-36(44)28-16-12-24(20-32(28)40)10-8-6-4-2-3-5-7-9-23-11-15-27(31(39)19-23)35(43)45-25-13-17-29(37)33(41)21-25/h11-22H,2-10H2,1H3. The number of rotatable bonds is 15. The topological polar surface area (TPSA) is 52.6 Å². The summed E-state index contributed by atoms with van der Waals surface area (Å²) < 4.78 is 66.9. The second-order valence-electron chi connectivity index (χ2n) is 11.0. The first kappa shape index (κ1) is 34.5. The monoisotopic (exact) mass is 627 g/mol. The van der Waals surface area contributed by atoms with Crippen LogP contribution in [0.3, 0.4) is 0 Å². The van der Waals surface area contributed by atoms with E-state index in [2.05, 4.69) is 0 Å². The number of carbonyl (C=O) groups excluding carboxylic acids is 2. The van der Waals surface area contributed by atoms with E-state index in [0.29, 0.717) is 18.3 Å². The van der Waals surface area contributed by atoms with Crippen molar-refractivity contribution in [2.75, 3.05) is 0 Å². The summed E-state index contributed by atoms with van der Waals surface area (Å²) in [6.45, 7) is 1.69. The van der Waals surface area contributed by atoms with Crippen molar-refractivity contribution in [1.82, 2.24) is 0 Å². The fourth-order valence-corrected chi connectivity index (χ4v) is 5.00. The van der Waals surface area contributed by atoms with Gasteiger partial charge in [-0.2, -0.15) is 0 Å². The van der Waals surface area contributed by atoms with Gasteiger partial charge in [-0.25, -0.2) is 27.2 Å². The molecule has 0 amide bonds. The summed E-state index contributed by atoms with van der Waals surface area (Å²) in [4.78, 5) is 24.7. The van der Waals surface area contributed by atoms with Crippen molar-refractivity contribution >= 4 is 38.0 Å². The van der Waals surface area contributed by atoms with Crippen molar-refractivity contribution in [1.29, 1.82) is 0 Å². The number of ether oxygens (including phenoxy) is 2. The number of halogens is 4.